The molecule has 2 aliphatic rings. The molecule has 1 N–H and O–H groups in total. The minimum absolute atomic E-state index is 0.0956. The average molecular weight is 326 g/mol. The third kappa shape index (κ3) is 2.82. The Morgan fingerprint density at radius 1 is 1.38 bits per heavy atom. The lowest BCUT2D eigenvalue weighted by Crippen LogP contribution is -2.27. The van der Waals surface area contributed by atoms with E-state index in [9.17, 15) is 4.79 Å². The zero-order chi connectivity index (χ0) is 16.5. The molecule has 0 radical (unpaired) electrons. The average Bonchev–Trinajstić information content (AvgIpc) is 3.29. The number of hydrogen-bond acceptors (Lipinski definition) is 5. The van der Waals surface area contributed by atoms with Crippen LogP contribution in [0.25, 0.3) is 0 Å². The van der Waals surface area contributed by atoms with E-state index >= 15 is 0 Å². The van der Waals surface area contributed by atoms with Gasteiger partial charge >= 0.3 is 0 Å². The van der Waals surface area contributed by atoms with E-state index in [4.69, 9.17) is 4.52 Å². The molecule has 2 aromatic rings. The number of carbonyl (C=O) groups is 1. The van der Waals surface area contributed by atoms with Crippen LogP contribution in [0.1, 0.15) is 55.4 Å². The fourth-order valence-corrected chi connectivity index (χ4v) is 4.14. The van der Waals surface area contributed by atoms with Crippen molar-refractivity contribution in [3.8, 4) is 0 Å². The quantitative estimate of drug-likeness (QED) is 0.934. The van der Waals surface area contributed by atoms with E-state index < -0.39 is 0 Å². The van der Waals surface area contributed by atoms with Crippen molar-refractivity contribution in [3.05, 3.63) is 47.6 Å². The lowest BCUT2D eigenvalue weighted by molar-refractivity contribution is -0.119. The Hall–Kier alpha value is -2.21. The van der Waals surface area contributed by atoms with Crippen molar-refractivity contribution in [2.75, 3.05) is 6.54 Å². The van der Waals surface area contributed by atoms with Gasteiger partial charge in [0.15, 0.2) is 5.82 Å². The zero-order valence-corrected chi connectivity index (χ0v) is 13.8. The highest BCUT2D eigenvalue weighted by Crippen LogP contribution is 2.48. The van der Waals surface area contributed by atoms with Crippen LogP contribution in [0.4, 0.5) is 0 Å². The molecule has 0 spiro atoms. The van der Waals surface area contributed by atoms with Crippen LogP contribution in [0, 0.1) is 0 Å². The Labute approximate surface area is 141 Å². The summed E-state index contributed by atoms with van der Waals surface area (Å²) in [4.78, 5) is 18.2. The van der Waals surface area contributed by atoms with Crippen LogP contribution in [0.15, 0.2) is 34.9 Å². The Kier molecular flexibility index (Phi) is 4.06. The van der Waals surface area contributed by atoms with E-state index in [1.807, 2.05) is 0 Å². The van der Waals surface area contributed by atoms with Crippen LogP contribution in [-0.4, -0.2) is 33.5 Å². The van der Waals surface area contributed by atoms with Crippen molar-refractivity contribution in [1.29, 1.82) is 0 Å². The minimum Gasteiger partial charge on any atom is -0.347 e. The largest absolute Gasteiger partial charge is 0.347 e. The van der Waals surface area contributed by atoms with Crippen LogP contribution in [0.3, 0.4) is 0 Å². The number of hydrogen-bond donors (Lipinski definition) is 1. The fourth-order valence-electron chi connectivity index (χ4n) is 4.14. The number of rotatable bonds is 4. The molecule has 4 rings (SSSR count). The first-order valence-electron chi connectivity index (χ1n) is 8.60. The molecule has 0 bridgehead atoms. The van der Waals surface area contributed by atoms with Crippen LogP contribution in [-0.2, 0) is 11.3 Å². The number of carbonyl (C=O) groups excluding carboxylic acids is 1. The molecule has 2 fully saturated rings. The zero-order valence-electron chi connectivity index (χ0n) is 13.8. The Bertz CT molecular complexity index is 715. The van der Waals surface area contributed by atoms with Crippen molar-refractivity contribution >= 4 is 5.91 Å². The third-order valence-electron chi connectivity index (χ3n) is 5.17. The first-order valence-corrected chi connectivity index (χ1v) is 8.60. The summed E-state index contributed by atoms with van der Waals surface area (Å²) in [6.45, 7) is 2.91. The maximum atomic E-state index is 11.0. The molecule has 1 amide bonds. The third-order valence-corrected chi connectivity index (χ3v) is 5.17. The molecular weight excluding hydrogens is 304 g/mol. The summed E-state index contributed by atoms with van der Waals surface area (Å²) in [7, 11) is 0. The summed E-state index contributed by atoms with van der Waals surface area (Å²) in [5, 5.41) is 6.90. The van der Waals surface area contributed by atoms with E-state index in [1.165, 1.54) is 25.3 Å². The summed E-state index contributed by atoms with van der Waals surface area (Å²) in [5.74, 6) is 1.47. The summed E-state index contributed by atoms with van der Waals surface area (Å²) >= 11 is 0. The molecule has 1 aromatic heterocycles. The molecule has 2 aliphatic heterocycles. The molecule has 2 saturated heterocycles. The van der Waals surface area contributed by atoms with Crippen LogP contribution < -0.4 is 5.32 Å². The van der Waals surface area contributed by atoms with Gasteiger partial charge in [0, 0.05) is 24.9 Å². The van der Waals surface area contributed by atoms with E-state index in [1.54, 1.807) is 0 Å². The highest BCUT2D eigenvalue weighted by molar-refractivity contribution is 5.72. The van der Waals surface area contributed by atoms with Crippen molar-refractivity contribution in [2.24, 2.45) is 0 Å². The van der Waals surface area contributed by atoms with Gasteiger partial charge in [-0.2, -0.15) is 4.98 Å². The van der Waals surface area contributed by atoms with Crippen molar-refractivity contribution in [1.82, 2.24) is 20.4 Å². The predicted octanol–water partition coefficient (Wildman–Crippen LogP) is 2.40. The van der Waals surface area contributed by atoms with E-state index in [-0.39, 0.29) is 5.91 Å². The maximum absolute atomic E-state index is 11.0. The summed E-state index contributed by atoms with van der Waals surface area (Å²) in [5.41, 5.74) is 1.37. The summed E-state index contributed by atoms with van der Waals surface area (Å²) in [6, 6.07) is 11.6. The summed E-state index contributed by atoms with van der Waals surface area (Å²) < 4.78 is 5.32. The summed E-state index contributed by atoms with van der Waals surface area (Å²) in [6.07, 6.45) is 3.43. The number of amides is 1. The van der Waals surface area contributed by atoms with Gasteiger partial charge in [-0.1, -0.05) is 35.5 Å². The van der Waals surface area contributed by atoms with Gasteiger partial charge in [-0.15, -0.1) is 0 Å². The lowest BCUT2D eigenvalue weighted by atomic mass is 9.94. The monoisotopic (exact) mass is 326 g/mol. The molecule has 6 heteroatoms. The van der Waals surface area contributed by atoms with Crippen molar-refractivity contribution in [2.45, 2.75) is 50.7 Å². The number of nitrogens with zero attached hydrogens (tertiary/aromatic N) is 3. The van der Waals surface area contributed by atoms with E-state index in [0.29, 0.717) is 30.4 Å². The molecule has 126 valence electrons. The molecule has 24 heavy (non-hydrogen) atoms. The van der Waals surface area contributed by atoms with E-state index in [2.05, 4.69) is 50.7 Å². The lowest BCUT2D eigenvalue weighted by Gasteiger charge is -2.24. The number of aromatic nitrogens is 2. The number of fused-ring (bicyclic) bond motifs is 1. The Morgan fingerprint density at radius 3 is 3.00 bits per heavy atom. The Morgan fingerprint density at radius 2 is 2.21 bits per heavy atom. The number of benzene rings is 1. The SMILES string of the molecule is CC(=O)NCc1nc(C2CC(c3ccccc3)N3CCC[C@@H]23)no1. The molecule has 0 saturated carbocycles. The van der Waals surface area contributed by atoms with Gasteiger partial charge in [-0.3, -0.25) is 9.69 Å². The fraction of sp³-hybridized carbons (Fsp3) is 0.500. The second-order valence-electron chi connectivity index (χ2n) is 6.67. The topological polar surface area (TPSA) is 71.3 Å². The highest BCUT2D eigenvalue weighted by atomic mass is 16.5. The van der Waals surface area contributed by atoms with Crippen molar-refractivity contribution in [3.63, 3.8) is 0 Å². The van der Waals surface area contributed by atoms with Gasteiger partial charge in [0.05, 0.1) is 6.54 Å². The maximum Gasteiger partial charge on any atom is 0.246 e. The molecule has 3 heterocycles. The molecule has 3 atom stereocenters. The highest BCUT2D eigenvalue weighted by Gasteiger charge is 2.46. The van der Waals surface area contributed by atoms with Gasteiger partial charge in [0.25, 0.3) is 0 Å². The Balaban J connectivity index is 1.54. The molecular formula is C18H22N4O2. The van der Waals surface area contributed by atoms with Gasteiger partial charge in [-0.25, -0.2) is 0 Å². The van der Waals surface area contributed by atoms with E-state index in [0.717, 1.165) is 18.8 Å². The first kappa shape index (κ1) is 15.3. The van der Waals surface area contributed by atoms with Crippen LogP contribution in [0.2, 0.25) is 0 Å². The first-order chi connectivity index (χ1) is 11.7. The molecule has 6 nitrogen and oxygen atoms in total. The molecule has 2 unspecified atom stereocenters. The van der Waals surface area contributed by atoms with Gasteiger partial charge in [0.2, 0.25) is 11.8 Å². The van der Waals surface area contributed by atoms with Crippen LogP contribution >= 0.6 is 0 Å². The van der Waals surface area contributed by atoms with Crippen LogP contribution in [0.5, 0.6) is 0 Å². The molecule has 1 aromatic carbocycles. The van der Waals surface area contributed by atoms with Gasteiger partial charge in [-0.05, 0) is 31.4 Å². The normalized spacial score (nSPS) is 26.5. The predicted molar refractivity (Wildman–Crippen MR) is 88.1 cm³/mol. The second-order valence-corrected chi connectivity index (χ2v) is 6.67. The standard InChI is InChI=1S/C18H22N4O2/c1-12(23)19-11-17-20-18(21-24-17)14-10-16(13-6-3-2-4-7-13)22-9-5-8-15(14)22/h2-4,6-7,14-16H,5,8-11H2,1H3,(H,19,23)/t14?,15-,16?/m0/s1. The molecule has 0 aliphatic carbocycles. The van der Waals surface area contributed by atoms with Crippen molar-refractivity contribution < 1.29 is 9.32 Å². The van der Waals surface area contributed by atoms with Gasteiger partial charge < -0.3 is 9.84 Å². The minimum atomic E-state index is -0.0956. The smallest absolute Gasteiger partial charge is 0.246 e. The second kappa shape index (κ2) is 6.36. The number of nitrogens with one attached hydrogen (secondary N) is 1. The van der Waals surface area contributed by atoms with Gasteiger partial charge in [0.1, 0.15) is 0 Å².